The third kappa shape index (κ3) is 2.92. The number of nitrogens with one attached hydrogen (secondary N) is 2. The van der Waals surface area contributed by atoms with Gasteiger partial charge in [-0.2, -0.15) is 0 Å². The molecule has 3 nitrogen and oxygen atoms in total. The smallest absolute Gasteiger partial charge is 0.232 e. The highest BCUT2D eigenvalue weighted by Crippen LogP contribution is 2.44. The molecule has 116 valence electrons. The van der Waals surface area contributed by atoms with Gasteiger partial charge in [0.2, 0.25) is 5.91 Å². The van der Waals surface area contributed by atoms with Crippen molar-refractivity contribution in [3.05, 3.63) is 29.6 Å². The summed E-state index contributed by atoms with van der Waals surface area (Å²) in [6.45, 7) is 3.56. The van der Waals surface area contributed by atoms with Crippen molar-refractivity contribution in [3.63, 3.8) is 0 Å². The van der Waals surface area contributed by atoms with E-state index in [4.69, 9.17) is 0 Å². The fourth-order valence-electron chi connectivity index (χ4n) is 3.67. The molecule has 1 aliphatic carbocycles. The SMILES string of the molecule is Cc1ccc(F)cc1NC(=O)[C@@]12CCCC[C@H]1CNC2.Cl. The number of carbonyl (C=O) groups is 1. The molecule has 1 saturated heterocycles. The van der Waals surface area contributed by atoms with Gasteiger partial charge < -0.3 is 10.6 Å². The molecule has 2 fully saturated rings. The van der Waals surface area contributed by atoms with Gasteiger partial charge in [0.05, 0.1) is 5.41 Å². The Kier molecular flexibility index (Phi) is 4.89. The first-order chi connectivity index (χ1) is 9.62. The molecule has 2 N–H and O–H groups in total. The normalized spacial score (nSPS) is 27.6. The molecule has 3 rings (SSSR count). The third-order valence-corrected chi connectivity index (χ3v) is 4.94. The van der Waals surface area contributed by atoms with Gasteiger partial charge in [-0.15, -0.1) is 12.4 Å². The summed E-state index contributed by atoms with van der Waals surface area (Å²) in [6, 6.07) is 4.53. The minimum atomic E-state index is -0.312. The van der Waals surface area contributed by atoms with Crippen LogP contribution in [0.1, 0.15) is 31.2 Å². The van der Waals surface area contributed by atoms with Gasteiger partial charge in [0.15, 0.2) is 0 Å². The number of anilines is 1. The van der Waals surface area contributed by atoms with Crippen LogP contribution in [0.5, 0.6) is 0 Å². The van der Waals surface area contributed by atoms with E-state index >= 15 is 0 Å². The number of benzene rings is 1. The lowest BCUT2D eigenvalue weighted by Crippen LogP contribution is -2.44. The second kappa shape index (κ2) is 6.32. The molecule has 1 aliphatic heterocycles. The van der Waals surface area contributed by atoms with Gasteiger partial charge >= 0.3 is 0 Å². The molecule has 2 atom stereocenters. The van der Waals surface area contributed by atoms with E-state index in [1.165, 1.54) is 18.6 Å². The van der Waals surface area contributed by atoms with E-state index in [1.807, 2.05) is 6.92 Å². The van der Waals surface area contributed by atoms with E-state index in [9.17, 15) is 9.18 Å². The highest BCUT2D eigenvalue weighted by atomic mass is 35.5. The summed E-state index contributed by atoms with van der Waals surface area (Å²) >= 11 is 0. The van der Waals surface area contributed by atoms with Crippen molar-refractivity contribution in [2.45, 2.75) is 32.6 Å². The summed E-state index contributed by atoms with van der Waals surface area (Å²) < 4.78 is 13.3. The zero-order valence-corrected chi connectivity index (χ0v) is 13.1. The second-order valence-electron chi connectivity index (χ2n) is 6.14. The lowest BCUT2D eigenvalue weighted by atomic mass is 9.67. The Hall–Kier alpha value is -1.13. The first-order valence-electron chi connectivity index (χ1n) is 7.40. The lowest BCUT2D eigenvalue weighted by molar-refractivity contribution is -0.128. The Morgan fingerprint density at radius 2 is 2.24 bits per heavy atom. The van der Waals surface area contributed by atoms with E-state index in [0.717, 1.165) is 37.9 Å². The number of hydrogen-bond donors (Lipinski definition) is 2. The van der Waals surface area contributed by atoms with E-state index in [-0.39, 0.29) is 29.5 Å². The Labute approximate surface area is 131 Å². The van der Waals surface area contributed by atoms with Crippen LogP contribution in [0.15, 0.2) is 18.2 Å². The maximum Gasteiger partial charge on any atom is 0.232 e. The second-order valence-corrected chi connectivity index (χ2v) is 6.14. The van der Waals surface area contributed by atoms with Crippen molar-refractivity contribution in [2.24, 2.45) is 11.3 Å². The summed E-state index contributed by atoms with van der Waals surface area (Å²) in [4.78, 5) is 12.8. The fraction of sp³-hybridized carbons (Fsp3) is 0.562. The average Bonchev–Trinajstić information content (AvgIpc) is 2.88. The molecule has 1 saturated carbocycles. The van der Waals surface area contributed by atoms with Crippen LogP contribution in [0.2, 0.25) is 0 Å². The first kappa shape index (κ1) is 16.2. The van der Waals surface area contributed by atoms with Gasteiger partial charge in [-0.25, -0.2) is 4.39 Å². The van der Waals surface area contributed by atoms with Crippen LogP contribution >= 0.6 is 12.4 Å². The molecule has 0 radical (unpaired) electrons. The minimum absolute atomic E-state index is 0. The standard InChI is InChI=1S/C16H21FN2O.ClH/c1-11-5-6-13(17)8-14(11)19-15(20)16-7-3-2-4-12(16)9-18-10-16;/h5-6,8,12,18H,2-4,7,9-10H2,1H3,(H,19,20);1H/t12-,16+;/m0./s1. The molecule has 5 heteroatoms. The highest BCUT2D eigenvalue weighted by molar-refractivity contribution is 5.96. The number of hydrogen-bond acceptors (Lipinski definition) is 2. The molecule has 0 aromatic heterocycles. The minimum Gasteiger partial charge on any atom is -0.325 e. The summed E-state index contributed by atoms with van der Waals surface area (Å²) in [5, 5.41) is 6.33. The molecule has 1 heterocycles. The van der Waals surface area contributed by atoms with Crippen molar-refractivity contribution in [1.29, 1.82) is 0 Å². The maximum absolute atomic E-state index is 13.3. The monoisotopic (exact) mass is 312 g/mol. The molecular formula is C16H22ClFN2O. The number of carbonyl (C=O) groups excluding carboxylic acids is 1. The van der Waals surface area contributed by atoms with Crippen molar-refractivity contribution in [2.75, 3.05) is 18.4 Å². The summed E-state index contributed by atoms with van der Waals surface area (Å²) in [7, 11) is 0. The fourth-order valence-corrected chi connectivity index (χ4v) is 3.67. The van der Waals surface area contributed by atoms with Crippen LogP contribution in [0.3, 0.4) is 0 Å². The molecule has 0 bridgehead atoms. The van der Waals surface area contributed by atoms with Gasteiger partial charge in [0.25, 0.3) is 0 Å². The predicted octanol–water partition coefficient (Wildman–Crippen LogP) is 3.27. The molecule has 21 heavy (non-hydrogen) atoms. The van der Waals surface area contributed by atoms with Gasteiger partial charge in [0.1, 0.15) is 5.82 Å². The predicted molar refractivity (Wildman–Crippen MR) is 84.3 cm³/mol. The zero-order chi connectivity index (χ0) is 14.2. The van der Waals surface area contributed by atoms with Crippen molar-refractivity contribution in [3.8, 4) is 0 Å². The van der Waals surface area contributed by atoms with Gasteiger partial charge in [-0.1, -0.05) is 18.9 Å². The number of fused-ring (bicyclic) bond motifs is 1. The third-order valence-electron chi connectivity index (χ3n) is 4.94. The Balaban J connectivity index is 0.00000161. The lowest BCUT2D eigenvalue weighted by Gasteiger charge is -2.37. The van der Waals surface area contributed by atoms with E-state index < -0.39 is 0 Å². The van der Waals surface area contributed by atoms with Crippen LogP contribution < -0.4 is 10.6 Å². The molecule has 1 amide bonds. The molecular weight excluding hydrogens is 291 g/mol. The Bertz CT molecular complexity index is 537. The van der Waals surface area contributed by atoms with Crippen LogP contribution in [0, 0.1) is 24.1 Å². The van der Waals surface area contributed by atoms with E-state index in [0.29, 0.717) is 11.6 Å². The van der Waals surface area contributed by atoms with Gasteiger partial charge in [-0.3, -0.25) is 4.79 Å². The first-order valence-corrected chi connectivity index (χ1v) is 7.40. The quantitative estimate of drug-likeness (QED) is 0.880. The number of rotatable bonds is 2. The number of aryl methyl sites for hydroxylation is 1. The number of amides is 1. The van der Waals surface area contributed by atoms with Crippen LogP contribution in [0.25, 0.3) is 0 Å². The van der Waals surface area contributed by atoms with Gasteiger partial charge in [0, 0.05) is 12.2 Å². The number of halogens is 2. The Morgan fingerprint density at radius 3 is 3.05 bits per heavy atom. The van der Waals surface area contributed by atoms with Crippen molar-refractivity contribution < 1.29 is 9.18 Å². The van der Waals surface area contributed by atoms with Crippen LogP contribution in [0.4, 0.5) is 10.1 Å². The topological polar surface area (TPSA) is 41.1 Å². The summed E-state index contributed by atoms with van der Waals surface area (Å²) in [5.41, 5.74) is 1.20. The van der Waals surface area contributed by atoms with Crippen molar-refractivity contribution >= 4 is 24.0 Å². The molecule has 0 spiro atoms. The molecule has 1 aromatic carbocycles. The molecule has 0 unspecified atom stereocenters. The molecule has 1 aromatic rings. The highest BCUT2D eigenvalue weighted by Gasteiger charge is 2.49. The Morgan fingerprint density at radius 1 is 1.43 bits per heavy atom. The van der Waals surface area contributed by atoms with E-state index in [1.54, 1.807) is 6.07 Å². The van der Waals surface area contributed by atoms with Crippen molar-refractivity contribution in [1.82, 2.24) is 5.32 Å². The average molecular weight is 313 g/mol. The van der Waals surface area contributed by atoms with E-state index in [2.05, 4.69) is 10.6 Å². The summed E-state index contributed by atoms with van der Waals surface area (Å²) in [6.07, 6.45) is 4.36. The van der Waals surface area contributed by atoms with Crippen LogP contribution in [-0.2, 0) is 4.79 Å². The summed E-state index contributed by atoms with van der Waals surface area (Å²) in [5.74, 6) is 0.166. The zero-order valence-electron chi connectivity index (χ0n) is 12.2. The molecule has 2 aliphatic rings. The van der Waals surface area contributed by atoms with Gasteiger partial charge in [-0.05, 0) is 49.9 Å². The largest absolute Gasteiger partial charge is 0.325 e. The van der Waals surface area contributed by atoms with Crippen LogP contribution in [-0.4, -0.2) is 19.0 Å². The maximum atomic E-state index is 13.3.